The molecule has 0 heterocycles. The van der Waals surface area contributed by atoms with Gasteiger partial charge in [-0.25, -0.2) is 9.59 Å². The van der Waals surface area contributed by atoms with Gasteiger partial charge in [0.1, 0.15) is 5.75 Å². The lowest BCUT2D eigenvalue weighted by molar-refractivity contribution is 0.0598. The van der Waals surface area contributed by atoms with E-state index >= 15 is 0 Å². The third-order valence-electron chi connectivity index (χ3n) is 3.82. The summed E-state index contributed by atoms with van der Waals surface area (Å²) in [5, 5.41) is 0. The molecule has 0 aromatic heterocycles. The fraction of sp³-hybridized carbons (Fsp3) is 0.500. The summed E-state index contributed by atoms with van der Waals surface area (Å²) in [7, 11) is 2.59. The lowest BCUT2D eigenvalue weighted by Crippen LogP contribution is -2.08. The molecule has 0 spiro atoms. The second-order valence-electron chi connectivity index (χ2n) is 5.78. The molecule has 5 nitrogen and oxygen atoms in total. The van der Waals surface area contributed by atoms with Crippen molar-refractivity contribution in [2.75, 3.05) is 20.8 Å². The summed E-state index contributed by atoms with van der Waals surface area (Å²) in [5.74, 6) is -0.570. The van der Waals surface area contributed by atoms with Crippen LogP contribution in [0.3, 0.4) is 0 Å². The third-order valence-corrected chi connectivity index (χ3v) is 3.82. The number of benzene rings is 1. The zero-order valence-electron chi connectivity index (χ0n) is 15.2. The summed E-state index contributed by atoms with van der Waals surface area (Å²) in [5.41, 5.74) is 0.533. The van der Waals surface area contributed by atoms with E-state index in [1.807, 2.05) is 6.08 Å². The Bertz CT molecular complexity index is 531. The van der Waals surface area contributed by atoms with Crippen molar-refractivity contribution in [2.45, 2.75) is 44.9 Å². The summed E-state index contributed by atoms with van der Waals surface area (Å²) in [6.45, 7) is 4.26. The van der Waals surface area contributed by atoms with E-state index in [1.54, 1.807) is 12.1 Å². The molecule has 1 aromatic rings. The van der Waals surface area contributed by atoms with Crippen LogP contribution < -0.4 is 4.74 Å². The van der Waals surface area contributed by atoms with Crippen LogP contribution in [0.15, 0.2) is 30.9 Å². The molecule has 0 saturated carbocycles. The molecule has 138 valence electrons. The quantitative estimate of drug-likeness (QED) is 0.315. The Morgan fingerprint density at radius 3 is 1.92 bits per heavy atom. The number of rotatable bonds is 12. The lowest BCUT2D eigenvalue weighted by Gasteiger charge is -2.10. The first-order chi connectivity index (χ1) is 12.1. The van der Waals surface area contributed by atoms with Crippen molar-refractivity contribution >= 4 is 11.9 Å². The van der Waals surface area contributed by atoms with Gasteiger partial charge in [-0.2, -0.15) is 0 Å². The molecule has 0 aliphatic carbocycles. The van der Waals surface area contributed by atoms with Gasteiger partial charge in [0.15, 0.2) is 0 Å². The van der Waals surface area contributed by atoms with E-state index in [2.05, 4.69) is 6.58 Å². The van der Waals surface area contributed by atoms with E-state index in [1.165, 1.54) is 46.0 Å². The van der Waals surface area contributed by atoms with Gasteiger partial charge in [0, 0.05) is 0 Å². The summed E-state index contributed by atoms with van der Waals surface area (Å²) in [6.07, 6.45) is 9.90. The van der Waals surface area contributed by atoms with E-state index in [4.69, 9.17) is 14.2 Å². The van der Waals surface area contributed by atoms with Crippen LogP contribution in [0.2, 0.25) is 0 Å². The number of hydrogen-bond donors (Lipinski definition) is 0. The molecule has 0 aliphatic rings. The Balaban J connectivity index is 2.47. The number of esters is 2. The Labute approximate surface area is 150 Å². The highest BCUT2D eigenvalue weighted by molar-refractivity contribution is 5.96. The molecule has 0 N–H and O–H groups in total. The van der Waals surface area contributed by atoms with Gasteiger partial charge >= 0.3 is 11.9 Å². The fourth-order valence-corrected chi connectivity index (χ4v) is 2.44. The van der Waals surface area contributed by atoms with Crippen molar-refractivity contribution in [3.63, 3.8) is 0 Å². The maximum absolute atomic E-state index is 11.7. The average Bonchev–Trinajstić information content (AvgIpc) is 2.65. The molecule has 0 amide bonds. The minimum atomic E-state index is -0.518. The van der Waals surface area contributed by atoms with Gasteiger partial charge in [0.25, 0.3) is 0 Å². The van der Waals surface area contributed by atoms with E-state index in [-0.39, 0.29) is 11.1 Å². The third kappa shape index (κ3) is 7.88. The van der Waals surface area contributed by atoms with Gasteiger partial charge in [-0.1, -0.05) is 31.8 Å². The standard InChI is InChI=1S/C20H28O5/c1-4-5-6-7-8-9-10-11-12-25-18-14-16(19(21)23-2)13-17(15-18)20(22)24-3/h4,13-15H,1,5-12H2,2-3H3. The van der Waals surface area contributed by atoms with Crippen LogP contribution in [0.5, 0.6) is 5.75 Å². The van der Waals surface area contributed by atoms with Crippen molar-refractivity contribution in [3.8, 4) is 5.75 Å². The maximum Gasteiger partial charge on any atom is 0.338 e. The first kappa shape index (κ1) is 20.7. The molecule has 0 fully saturated rings. The van der Waals surface area contributed by atoms with E-state index in [0.717, 1.165) is 19.3 Å². The smallest absolute Gasteiger partial charge is 0.338 e. The Morgan fingerprint density at radius 2 is 1.40 bits per heavy atom. The Morgan fingerprint density at radius 1 is 0.880 bits per heavy atom. The summed E-state index contributed by atoms with van der Waals surface area (Å²) in [6, 6.07) is 4.59. The molecule has 0 saturated heterocycles. The first-order valence-electron chi connectivity index (χ1n) is 8.67. The number of hydrogen-bond acceptors (Lipinski definition) is 5. The molecule has 0 atom stereocenters. The molecule has 1 aromatic carbocycles. The average molecular weight is 348 g/mol. The summed E-state index contributed by atoms with van der Waals surface area (Å²) >= 11 is 0. The molecule has 0 unspecified atom stereocenters. The number of methoxy groups -OCH3 is 2. The topological polar surface area (TPSA) is 61.8 Å². The second kappa shape index (κ2) is 12.1. The summed E-state index contributed by atoms with van der Waals surface area (Å²) in [4.78, 5) is 23.4. The van der Waals surface area contributed by atoms with Crippen LogP contribution in [0.1, 0.15) is 65.7 Å². The van der Waals surface area contributed by atoms with Crippen molar-refractivity contribution in [3.05, 3.63) is 42.0 Å². The number of ether oxygens (including phenoxy) is 3. The van der Waals surface area contributed by atoms with Crippen molar-refractivity contribution < 1.29 is 23.8 Å². The predicted octanol–water partition coefficient (Wildman–Crippen LogP) is 4.56. The summed E-state index contributed by atoms with van der Waals surface area (Å²) < 4.78 is 15.1. The van der Waals surface area contributed by atoms with Gasteiger partial charge in [0.2, 0.25) is 0 Å². The minimum Gasteiger partial charge on any atom is -0.494 e. The fourth-order valence-electron chi connectivity index (χ4n) is 2.44. The number of allylic oxidation sites excluding steroid dienone is 1. The highest BCUT2D eigenvalue weighted by atomic mass is 16.5. The SMILES string of the molecule is C=CCCCCCCCCOc1cc(C(=O)OC)cc(C(=O)OC)c1. The highest BCUT2D eigenvalue weighted by Crippen LogP contribution is 2.19. The van der Waals surface area contributed by atoms with Crippen LogP contribution in [0.25, 0.3) is 0 Å². The van der Waals surface area contributed by atoms with Gasteiger partial charge in [-0.05, 0) is 37.5 Å². The van der Waals surface area contributed by atoms with Crippen LogP contribution in [0, 0.1) is 0 Å². The Hall–Kier alpha value is -2.30. The van der Waals surface area contributed by atoms with Crippen molar-refractivity contribution in [1.29, 1.82) is 0 Å². The lowest BCUT2D eigenvalue weighted by atomic mass is 10.1. The zero-order valence-corrected chi connectivity index (χ0v) is 15.2. The highest BCUT2D eigenvalue weighted by Gasteiger charge is 2.14. The van der Waals surface area contributed by atoms with Crippen molar-refractivity contribution in [1.82, 2.24) is 0 Å². The molecule has 0 bridgehead atoms. The van der Waals surface area contributed by atoms with Crippen LogP contribution in [-0.4, -0.2) is 32.8 Å². The molecule has 25 heavy (non-hydrogen) atoms. The number of carbonyl (C=O) groups is 2. The van der Waals surface area contributed by atoms with E-state index in [0.29, 0.717) is 12.4 Å². The van der Waals surface area contributed by atoms with Gasteiger partial charge in [-0.3, -0.25) is 0 Å². The minimum absolute atomic E-state index is 0.266. The molecule has 0 radical (unpaired) electrons. The predicted molar refractivity (Wildman–Crippen MR) is 97.1 cm³/mol. The largest absolute Gasteiger partial charge is 0.494 e. The normalized spacial score (nSPS) is 10.2. The first-order valence-corrected chi connectivity index (χ1v) is 8.67. The van der Waals surface area contributed by atoms with E-state index in [9.17, 15) is 9.59 Å². The van der Waals surface area contributed by atoms with Crippen LogP contribution in [-0.2, 0) is 9.47 Å². The zero-order chi connectivity index (χ0) is 18.5. The van der Waals surface area contributed by atoms with Crippen molar-refractivity contribution in [2.24, 2.45) is 0 Å². The Kier molecular flexibility index (Phi) is 10.1. The molecule has 5 heteroatoms. The van der Waals surface area contributed by atoms with E-state index < -0.39 is 11.9 Å². The van der Waals surface area contributed by atoms with Gasteiger partial charge in [-0.15, -0.1) is 6.58 Å². The second-order valence-corrected chi connectivity index (χ2v) is 5.78. The monoisotopic (exact) mass is 348 g/mol. The van der Waals surface area contributed by atoms with Gasteiger partial charge in [0.05, 0.1) is 32.0 Å². The van der Waals surface area contributed by atoms with Crippen LogP contribution >= 0.6 is 0 Å². The number of carbonyl (C=O) groups excluding carboxylic acids is 2. The molecule has 1 rings (SSSR count). The maximum atomic E-state index is 11.7. The molecular weight excluding hydrogens is 320 g/mol. The van der Waals surface area contributed by atoms with Crippen LogP contribution in [0.4, 0.5) is 0 Å². The van der Waals surface area contributed by atoms with Gasteiger partial charge < -0.3 is 14.2 Å². The number of unbranched alkanes of at least 4 members (excludes halogenated alkanes) is 6. The molecular formula is C20H28O5. The molecule has 0 aliphatic heterocycles.